The zero-order valence-corrected chi connectivity index (χ0v) is 18.9. The van der Waals surface area contributed by atoms with E-state index in [1.807, 2.05) is 0 Å². The molecule has 3 heterocycles. The molecule has 34 heavy (non-hydrogen) atoms. The van der Waals surface area contributed by atoms with E-state index in [1.54, 1.807) is 42.7 Å². The van der Waals surface area contributed by atoms with Gasteiger partial charge in [-0.25, -0.2) is 23.5 Å². The number of rotatable bonds is 5. The van der Waals surface area contributed by atoms with Gasteiger partial charge in [-0.05, 0) is 48.0 Å². The number of piperazine rings is 1. The molecule has 7 nitrogen and oxygen atoms in total. The molecule has 0 aliphatic carbocycles. The van der Waals surface area contributed by atoms with Crippen molar-refractivity contribution in [1.29, 1.82) is 0 Å². The second-order valence-corrected chi connectivity index (χ2v) is 8.69. The summed E-state index contributed by atoms with van der Waals surface area (Å²) >= 11 is 6.01. The molecular weight excluding hydrogens is 464 g/mol. The summed E-state index contributed by atoms with van der Waals surface area (Å²) in [5.74, 6) is -0.738. The Bertz CT molecular complexity index is 1140. The fraction of sp³-hybridized carbons (Fsp3) is 0.292. The van der Waals surface area contributed by atoms with Crippen LogP contribution in [0.2, 0.25) is 5.02 Å². The molecule has 0 saturated carbocycles. The van der Waals surface area contributed by atoms with Crippen LogP contribution < -0.4 is 9.80 Å². The molecule has 2 aliphatic rings. The highest BCUT2D eigenvalue weighted by atomic mass is 35.5. The van der Waals surface area contributed by atoms with Crippen LogP contribution in [-0.2, 0) is 4.74 Å². The van der Waals surface area contributed by atoms with E-state index in [0.717, 1.165) is 6.07 Å². The fourth-order valence-corrected chi connectivity index (χ4v) is 4.61. The third-order valence-corrected chi connectivity index (χ3v) is 6.31. The van der Waals surface area contributed by atoms with Gasteiger partial charge in [-0.15, -0.1) is 0 Å². The molecule has 2 aliphatic heterocycles. The van der Waals surface area contributed by atoms with E-state index in [1.165, 1.54) is 17.0 Å². The second-order valence-electron chi connectivity index (χ2n) is 8.25. The molecule has 2 atom stereocenters. The number of nitrogens with zero attached hydrogens (tertiary/aromatic N) is 5. The van der Waals surface area contributed by atoms with Gasteiger partial charge >= 0.3 is 6.09 Å². The molecule has 2 fully saturated rings. The Labute approximate surface area is 200 Å². The number of hydrogen-bond acceptors (Lipinski definition) is 6. The second kappa shape index (κ2) is 9.52. The van der Waals surface area contributed by atoms with E-state index in [4.69, 9.17) is 16.3 Å². The van der Waals surface area contributed by atoms with Crippen LogP contribution in [0, 0.1) is 11.6 Å². The van der Waals surface area contributed by atoms with E-state index < -0.39 is 29.9 Å². The van der Waals surface area contributed by atoms with Gasteiger partial charge in [0.1, 0.15) is 23.8 Å². The minimum Gasteiger partial charge on any atom is -0.442 e. The van der Waals surface area contributed by atoms with Crippen molar-refractivity contribution in [2.24, 2.45) is 0 Å². The molecule has 0 radical (unpaired) electrons. The number of aromatic nitrogens is 2. The SMILES string of the molecule is O=C1OC(CN2CCN(c3ncccn3)CC2)C(c2cc(F)cc(F)c2)N1c1ccc(Cl)cc1. The standard InChI is InChI=1S/C24H22ClF2N5O2/c25-17-2-4-20(5-3-17)32-22(16-12-18(26)14-19(27)13-16)21(34-24(32)33)15-30-8-10-31(11-9-30)23-28-6-1-7-29-23/h1-7,12-14,21-22H,8-11,15H2. The first kappa shape index (κ1) is 22.5. The number of ether oxygens (including phenoxy) is 1. The van der Waals surface area contributed by atoms with Gasteiger partial charge in [0.25, 0.3) is 0 Å². The van der Waals surface area contributed by atoms with E-state index in [-0.39, 0.29) is 0 Å². The number of anilines is 2. The van der Waals surface area contributed by atoms with Crippen LogP contribution in [0.3, 0.4) is 0 Å². The van der Waals surface area contributed by atoms with E-state index in [9.17, 15) is 13.6 Å². The number of amides is 1. The van der Waals surface area contributed by atoms with Gasteiger partial charge < -0.3 is 9.64 Å². The monoisotopic (exact) mass is 485 g/mol. The molecule has 2 unspecified atom stereocenters. The average Bonchev–Trinajstić information content (AvgIpc) is 3.15. The molecule has 1 aromatic heterocycles. The van der Waals surface area contributed by atoms with Crippen LogP contribution in [0.4, 0.5) is 25.2 Å². The Morgan fingerprint density at radius 3 is 2.26 bits per heavy atom. The summed E-state index contributed by atoms with van der Waals surface area (Å²) in [5.41, 5.74) is 0.872. The fourth-order valence-electron chi connectivity index (χ4n) is 4.48. The molecule has 0 N–H and O–H groups in total. The van der Waals surface area contributed by atoms with Crippen molar-refractivity contribution in [1.82, 2.24) is 14.9 Å². The molecule has 5 rings (SSSR count). The van der Waals surface area contributed by atoms with Crippen molar-refractivity contribution < 1.29 is 18.3 Å². The molecule has 0 bridgehead atoms. The van der Waals surface area contributed by atoms with E-state index in [0.29, 0.717) is 54.9 Å². The summed E-state index contributed by atoms with van der Waals surface area (Å²) in [6.45, 7) is 3.26. The number of halogens is 3. The first-order chi connectivity index (χ1) is 16.5. The quantitative estimate of drug-likeness (QED) is 0.537. The van der Waals surface area contributed by atoms with Crippen molar-refractivity contribution in [2.45, 2.75) is 12.1 Å². The number of hydrogen-bond donors (Lipinski definition) is 0. The highest BCUT2D eigenvalue weighted by Crippen LogP contribution is 2.38. The predicted octanol–water partition coefficient (Wildman–Crippen LogP) is 4.30. The van der Waals surface area contributed by atoms with Crippen molar-refractivity contribution >= 4 is 29.3 Å². The Morgan fingerprint density at radius 1 is 0.971 bits per heavy atom. The smallest absolute Gasteiger partial charge is 0.415 e. The summed E-state index contributed by atoms with van der Waals surface area (Å²) in [5, 5.41) is 0.515. The van der Waals surface area contributed by atoms with Gasteiger partial charge in [-0.3, -0.25) is 9.80 Å². The van der Waals surface area contributed by atoms with Gasteiger partial charge in [0.15, 0.2) is 0 Å². The van der Waals surface area contributed by atoms with Crippen LogP contribution in [0.25, 0.3) is 0 Å². The van der Waals surface area contributed by atoms with Crippen LogP contribution >= 0.6 is 11.6 Å². The third kappa shape index (κ3) is 4.67. The third-order valence-electron chi connectivity index (χ3n) is 6.06. The topological polar surface area (TPSA) is 61.8 Å². The van der Waals surface area contributed by atoms with Crippen molar-refractivity contribution in [3.05, 3.63) is 83.1 Å². The Morgan fingerprint density at radius 2 is 1.62 bits per heavy atom. The zero-order valence-electron chi connectivity index (χ0n) is 18.2. The Balaban J connectivity index is 1.38. The van der Waals surface area contributed by atoms with Crippen molar-refractivity contribution in [3.8, 4) is 0 Å². The summed E-state index contributed by atoms with van der Waals surface area (Å²) in [6, 6.07) is 11.1. The first-order valence-corrected chi connectivity index (χ1v) is 11.3. The molecule has 3 aromatic rings. The Hall–Kier alpha value is -3.30. The van der Waals surface area contributed by atoms with Gasteiger partial charge in [-0.1, -0.05) is 11.6 Å². The lowest BCUT2D eigenvalue weighted by molar-refractivity contribution is 0.0938. The summed E-state index contributed by atoms with van der Waals surface area (Å²) in [4.78, 5) is 27.2. The highest BCUT2D eigenvalue weighted by Gasteiger charge is 2.45. The van der Waals surface area contributed by atoms with E-state index in [2.05, 4.69) is 19.8 Å². The van der Waals surface area contributed by atoms with Crippen LogP contribution in [0.15, 0.2) is 60.9 Å². The maximum Gasteiger partial charge on any atom is 0.415 e. The van der Waals surface area contributed by atoms with Gasteiger partial charge in [0.05, 0.1) is 0 Å². The highest BCUT2D eigenvalue weighted by molar-refractivity contribution is 6.30. The van der Waals surface area contributed by atoms with Gasteiger partial charge in [0.2, 0.25) is 5.95 Å². The minimum atomic E-state index is -0.708. The molecule has 176 valence electrons. The maximum atomic E-state index is 14.1. The lowest BCUT2D eigenvalue weighted by atomic mass is 9.99. The zero-order chi connectivity index (χ0) is 23.7. The predicted molar refractivity (Wildman–Crippen MR) is 124 cm³/mol. The Kier molecular flexibility index (Phi) is 6.30. The normalized spacial score (nSPS) is 21.1. The summed E-state index contributed by atoms with van der Waals surface area (Å²) in [7, 11) is 0. The maximum absolute atomic E-state index is 14.1. The van der Waals surface area contributed by atoms with Crippen LogP contribution in [0.1, 0.15) is 11.6 Å². The number of benzene rings is 2. The first-order valence-electron chi connectivity index (χ1n) is 10.9. The molecule has 1 amide bonds. The van der Waals surface area contributed by atoms with Crippen LogP contribution in [-0.4, -0.2) is 59.8 Å². The van der Waals surface area contributed by atoms with Gasteiger partial charge in [0, 0.05) is 61.9 Å². The van der Waals surface area contributed by atoms with Gasteiger partial charge in [-0.2, -0.15) is 0 Å². The number of carbonyl (C=O) groups excluding carboxylic acids is 1. The van der Waals surface area contributed by atoms with E-state index >= 15 is 0 Å². The number of cyclic esters (lactones) is 1. The van der Waals surface area contributed by atoms with Crippen molar-refractivity contribution in [3.63, 3.8) is 0 Å². The number of carbonyl (C=O) groups is 1. The summed E-state index contributed by atoms with van der Waals surface area (Å²) in [6.07, 6.45) is 2.23. The largest absolute Gasteiger partial charge is 0.442 e. The molecule has 10 heteroatoms. The average molecular weight is 486 g/mol. The van der Waals surface area contributed by atoms with Crippen LogP contribution in [0.5, 0.6) is 0 Å². The molecule has 2 saturated heterocycles. The molecule has 0 spiro atoms. The summed E-state index contributed by atoms with van der Waals surface area (Å²) < 4.78 is 34.0. The van der Waals surface area contributed by atoms with Crippen molar-refractivity contribution in [2.75, 3.05) is 42.5 Å². The minimum absolute atomic E-state index is 0.333. The lowest BCUT2D eigenvalue weighted by Gasteiger charge is -2.36. The molecule has 2 aromatic carbocycles. The lowest BCUT2D eigenvalue weighted by Crippen LogP contribution is -2.49. The molecular formula is C24H22ClF2N5O2.